The van der Waals surface area contributed by atoms with Crippen LogP contribution in [0.15, 0.2) is 83.1 Å². The molecule has 11 nitrogen and oxygen atoms in total. The van der Waals surface area contributed by atoms with E-state index in [1.807, 2.05) is 0 Å². The molecule has 0 aliphatic carbocycles. The molecule has 0 atom stereocenters. The number of carbonyl (C=O) groups excluding carboxylic acids is 2. The van der Waals surface area contributed by atoms with E-state index in [1.165, 1.54) is 59.5 Å². The van der Waals surface area contributed by atoms with Crippen LogP contribution >= 0.6 is 23.1 Å². The second kappa shape index (κ2) is 11.4. The minimum atomic E-state index is -0.535. The molecule has 0 fully saturated rings. The van der Waals surface area contributed by atoms with Gasteiger partial charge in [0.15, 0.2) is 5.13 Å². The molecule has 0 spiro atoms. The van der Waals surface area contributed by atoms with E-state index < -0.39 is 15.8 Å². The molecule has 3 aromatic carbocycles. The van der Waals surface area contributed by atoms with Crippen molar-refractivity contribution in [2.45, 2.75) is 4.90 Å². The molecular weight excluding hydrogens is 518 g/mol. The van der Waals surface area contributed by atoms with E-state index in [2.05, 4.69) is 15.6 Å². The number of aromatic nitrogens is 1. The van der Waals surface area contributed by atoms with Gasteiger partial charge in [0.05, 0.1) is 21.3 Å². The van der Waals surface area contributed by atoms with E-state index >= 15 is 0 Å². The molecule has 1 aromatic heterocycles. The summed E-state index contributed by atoms with van der Waals surface area (Å²) in [6.45, 7) is 0. The number of nitro groups is 2. The van der Waals surface area contributed by atoms with Gasteiger partial charge in [0.1, 0.15) is 0 Å². The van der Waals surface area contributed by atoms with Crippen molar-refractivity contribution in [1.82, 2.24) is 4.98 Å². The molecule has 4 rings (SSSR count). The van der Waals surface area contributed by atoms with Gasteiger partial charge in [-0.1, -0.05) is 12.1 Å². The highest BCUT2D eigenvalue weighted by atomic mass is 32.2. The standard InChI is InChI=1S/C24H17N5O6S2/c30-22(27-24-26-21(13-37-24)16-2-1-3-19(12-16)29(34)35)14-36-20-10-6-17(7-11-20)25-23(31)15-4-8-18(9-5-15)28(32)33/h1-13H,14H2,(H,25,31)(H,26,27,30). The van der Waals surface area contributed by atoms with Crippen molar-refractivity contribution in [3.05, 3.63) is 104 Å². The van der Waals surface area contributed by atoms with Crippen LogP contribution in [-0.4, -0.2) is 32.4 Å². The molecule has 2 amide bonds. The molecule has 186 valence electrons. The largest absolute Gasteiger partial charge is 0.322 e. The van der Waals surface area contributed by atoms with E-state index in [0.717, 1.165) is 4.90 Å². The number of anilines is 2. The number of amides is 2. The van der Waals surface area contributed by atoms with Gasteiger partial charge < -0.3 is 10.6 Å². The summed E-state index contributed by atoms with van der Waals surface area (Å²) >= 11 is 2.52. The molecule has 0 aliphatic rings. The number of benzene rings is 3. The third-order valence-corrected chi connectivity index (χ3v) is 6.70. The molecule has 0 bridgehead atoms. The Morgan fingerprint density at radius 3 is 2.27 bits per heavy atom. The SMILES string of the molecule is O=C(CSc1ccc(NC(=O)c2ccc([N+](=O)[O-])cc2)cc1)Nc1nc(-c2cccc([N+](=O)[O-])c2)cs1. The number of thiazole rings is 1. The summed E-state index contributed by atoms with van der Waals surface area (Å²) in [6, 6.07) is 18.3. The van der Waals surface area contributed by atoms with Crippen molar-refractivity contribution in [2.24, 2.45) is 0 Å². The lowest BCUT2D eigenvalue weighted by molar-refractivity contribution is -0.385. The maximum absolute atomic E-state index is 12.4. The number of hydrogen-bond donors (Lipinski definition) is 2. The first-order chi connectivity index (χ1) is 17.8. The van der Waals surface area contributed by atoms with Gasteiger partial charge in [-0.2, -0.15) is 0 Å². The number of carbonyl (C=O) groups is 2. The van der Waals surface area contributed by atoms with Crippen LogP contribution in [-0.2, 0) is 4.79 Å². The zero-order chi connectivity index (χ0) is 26.4. The fourth-order valence-corrected chi connectivity index (χ4v) is 4.55. The van der Waals surface area contributed by atoms with E-state index in [1.54, 1.807) is 41.8 Å². The highest BCUT2D eigenvalue weighted by molar-refractivity contribution is 8.00. The summed E-state index contributed by atoms with van der Waals surface area (Å²) in [7, 11) is 0. The Bertz CT molecular complexity index is 1470. The van der Waals surface area contributed by atoms with Crippen LogP contribution in [0.5, 0.6) is 0 Å². The molecule has 4 aromatic rings. The Balaban J connectivity index is 1.28. The van der Waals surface area contributed by atoms with Gasteiger partial charge >= 0.3 is 0 Å². The average Bonchev–Trinajstić information content (AvgIpc) is 3.36. The molecule has 0 unspecified atom stereocenters. The highest BCUT2D eigenvalue weighted by Crippen LogP contribution is 2.28. The fraction of sp³-hybridized carbons (Fsp3) is 0.0417. The number of hydrogen-bond acceptors (Lipinski definition) is 9. The monoisotopic (exact) mass is 535 g/mol. The van der Waals surface area contributed by atoms with Gasteiger partial charge in [0, 0.05) is 51.4 Å². The maximum atomic E-state index is 12.4. The Morgan fingerprint density at radius 1 is 0.892 bits per heavy atom. The Kier molecular flexibility index (Phi) is 7.86. The number of rotatable bonds is 9. The maximum Gasteiger partial charge on any atom is 0.270 e. The molecule has 0 saturated heterocycles. The van der Waals surface area contributed by atoms with Crippen molar-refractivity contribution in [3.8, 4) is 11.3 Å². The summed E-state index contributed by atoms with van der Waals surface area (Å²) in [4.78, 5) is 50.5. The fourth-order valence-electron chi connectivity index (χ4n) is 3.12. The van der Waals surface area contributed by atoms with E-state index in [-0.39, 0.29) is 28.6 Å². The summed E-state index contributed by atoms with van der Waals surface area (Å²) in [5.74, 6) is -0.539. The highest BCUT2D eigenvalue weighted by Gasteiger charge is 2.13. The molecule has 1 heterocycles. The third-order valence-electron chi connectivity index (χ3n) is 4.93. The van der Waals surface area contributed by atoms with E-state index in [9.17, 15) is 29.8 Å². The van der Waals surface area contributed by atoms with Crippen LogP contribution < -0.4 is 10.6 Å². The zero-order valence-electron chi connectivity index (χ0n) is 18.8. The van der Waals surface area contributed by atoms with Crippen molar-refractivity contribution >= 4 is 57.1 Å². The van der Waals surface area contributed by atoms with Crippen molar-refractivity contribution in [2.75, 3.05) is 16.4 Å². The van der Waals surface area contributed by atoms with Crippen LogP contribution in [0.1, 0.15) is 10.4 Å². The Labute approximate surface area is 217 Å². The third kappa shape index (κ3) is 6.74. The lowest BCUT2D eigenvalue weighted by Gasteiger charge is -2.07. The van der Waals surface area contributed by atoms with Crippen LogP contribution in [0, 0.1) is 20.2 Å². The average molecular weight is 536 g/mol. The number of nitro benzene ring substituents is 2. The van der Waals surface area contributed by atoms with Crippen LogP contribution in [0.3, 0.4) is 0 Å². The van der Waals surface area contributed by atoms with Crippen molar-refractivity contribution < 1.29 is 19.4 Å². The van der Waals surface area contributed by atoms with Gasteiger partial charge in [0.25, 0.3) is 17.3 Å². The lowest BCUT2D eigenvalue weighted by atomic mass is 10.1. The summed E-state index contributed by atoms with van der Waals surface area (Å²) in [6.07, 6.45) is 0. The number of nitrogens with zero attached hydrogens (tertiary/aromatic N) is 3. The normalized spacial score (nSPS) is 10.5. The number of non-ortho nitro benzene ring substituents is 2. The van der Waals surface area contributed by atoms with Crippen molar-refractivity contribution in [3.63, 3.8) is 0 Å². The molecule has 13 heteroatoms. The quantitative estimate of drug-likeness (QED) is 0.159. The predicted molar refractivity (Wildman–Crippen MR) is 141 cm³/mol. The summed E-state index contributed by atoms with van der Waals surface area (Å²) in [5.41, 5.74) is 1.80. The van der Waals surface area contributed by atoms with Gasteiger partial charge in [-0.3, -0.25) is 29.8 Å². The first kappa shape index (κ1) is 25.5. The molecular formula is C24H17N5O6S2. The van der Waals surface area contributed by atoms with E-state index in [4.69, 9.17) is 0 Å². The lowest BCUT2D eigenvalue weighted by Crippen LogP contribution is -2.13. The van der Waals surface area contributed by atoms with Gasteiger partial charge in [-0.25, -0.2) is 4.98 Å². The van der Waals surface area contributed by atoms with Gasteiger partial charge in [0.2, 0.25) is 5.91 Å². The first-order valence-corrected chi connectivity index (χ1v) is 12.4. The number of nitrogens with one attached hydrogen (secondary N) is 2. The second-order valence-corrected chi connectivity index (χ2v) is 9.37. The minimum absolute atomic E-state index is 0.0376. The van der Waals surface area contributed by atoms with Gasteiger partial charge in [-0.05, 0) is 36.4 Å². The molecule has 2 N–H and O–H groups in total. The smallest absolute Gasteiger partial charge is 0.270 e. The Hall–Kier alpha value is -4.62. The number of thioether (sulfide) groups is 1. The molecule has 0 aliphatic heterocycles. The molecule has 37 heavy (non-hydrogen) atoms. The molecule has 0 radical (unpaired) electrons. The van der Waals surface area contributed by atoms with Crippen LogP contribution in [0.25, 0.3) is 11.3 Å². The Morgan fingerprint density at radius 2 is 1.59 bits per heavy atom. The predicted octanol–water partition coefficient (Wildman–Crippen LogP) is 5.61. The van der Waals surface area contributed by atoms with Gasteiger partial charge in [-0.15, -0.1) is 23.1 Å². The minimum Gasteiger partial charge on any atom is -0.322 e. The summed E-state index contributed by atoms with van der Waals surface area (Å²) in [5, 5.41) is 29.2. The first-order valence-electron chi connectivity index (χ1n) is 10.6. The van der Waals surface area contributed by atoms with E-state index in [0.29, 0.717) is 22.1 Å². The summed E-state index contributed by atoms with van der Waals surface area (Å²) < 4.78 is 0. The zero-order valence-corrected chi connectivity index (χ0v) is 20.5. The van der Waals surface area contributed by atoms with Crippen LogP contribution in [0.2, 0.25) is 0 Å². The topological polar surface area (TPSA) is 157 Å². The second-order valence-electron chi connectivity index (χ2n) is 7.46. The van der Waals surface area contributed by atoms with Crippen LogP contribution in [0.4, 0.5) is 22.2 Å². The molecule has 0 saturated carbocycles. The van der Waals surface area contributed by atoms with Crippen molar-refractivity contribution in [1.29, 1.82) is 0 Å².